The topological polar surface area (TPSA) is 7.65 Å². The van der Waals surface area contributed by atoms with E-state index in [9.17, 15) is 0 Å². The van der Waals surface area contributed by atoms with Crippen LogP contribution in [0.2, 0.25) is 0 Å². The predicted octanol–water partition coefficient (Wildman–Crippen LogP) is 17.7. The van der Waals surface area contributed by atoms with E-state index in [1.54, 1.807) is 0 Å². The molecule has 2 nitrogen and oxygen atoms in total. The monoisotopic (exact) mass is 834 g/mol. The molecule has 2 aromatic heterocycles. The van der Waals surface area contributed by atoms with Gasteiger partial charge in [0, 0.05) is 50.3 Å². The van der Waals surface area contributed by atoms with Crippen molar-refractivity contribution in [2.75, 3.05) is 4.90 Å². The number of nitrogens with zero attached hydrogens (tertiary/aromatic N) is 2. The minimum Gasteiger partial charge on any atom is -0.316 e. The predicted molar refractivity (Wildman–Crippen MR) is 281 cm³/mol. The van der Waals surface area contributed by atoms with Gasteiger partial charge >= 0.3 is 0 Å². The Kier molecular flexibility index (Phi) is 9.31. The molecule has 0 amide bonds. The maximum absolute atomic E-state index is 2.55. The number of hydrogen-bond donors (Lipinski definition) is 0. The summed E-state index contributed by atoms with van der Waals surface area (Å²) in [6, 6.07) is 63.7. The van der Waals surface area contributed by atoms with Crippen LogP contribution in [0.4, 0.5) is 17.1 Å². The highest BCUT2D eigenvalue weighted by molar-refractivity contribution is 6.26. The quantitative estimate of drug-likeness (QED) is 0.151. The molecule has 0 aliphatic heterocycles. The van der Waals surface area contributed by atoms with Crippen molar-refractivity contribution in [1.29, 1.82) is 0 Å². The summed E-state index contributed by atoms with van der Waals surface area (Å²) in [4.78, 5) is 2.44. The molecular formula is C63H50N2. The smallest absolute Gasteiger partial charge is 0.0619 e. The van der Waals surface area contributed by atoms with E-state index in [0.717, 1.165) is 36.3 Å². The third-order valence-corrected chi connectivity index (χ3v) is 14.1. The van der Waals surface area contributed by atoms with Crippen molar-refractivity contribution in [3.63, 3.8) is 0 Å². The van der Waals surface area contributed by atoms with Gasteiger partial charge in [-0.2, -0.15) is 0 Å². The Morgan fingerprint density at radius 1 is 0.523 bits per heavy atom. The highest BCUT2D eigenvalue weighted by Gasteiger charge is 2.26. The Bertz CT molecular complexity index is 3670. The Labute approximate surface area is 381 Å². The zero-order valence-corrected chi connectivity index (χ0v) is 37.5. The molecule has 0 spiro atoms. The van der Waals surface area contributed by atoms with Crippen LogP contribution >= 0.6 is 0 Å². The zero-order valence-electron chi connectivity index (χ0n) is 37.5. The van der Waals surface area contributed by atoms with Gasteiger partial charge in [0.15, 0.2) is 0 Å². The van der Waals surface area contributed by atoms with Crippen LogP contribution in [0.5, 0.6) is 0 Å². The first-order valence-corrected chi connectivity index (χ1v) is 23.4. The van der Waals surface area contributed by atoms with Gasteiger partial charge < -0.3 is 9.30 Å². The minimum atomic E-state index is 0.988. The van der Waals surface area contributed by atoms with Crippen LogP contribution in [0.3, 0.4) is 0 Å². The summed E-state index contributed by atoms with van der Waals surface area (Å²) in [5.74, 6) is 0. The van der Waals surface area contributed by atoms with E-state index in [4.69, 9.17) is 0 Å². The number of aromatic nitrogens is 1. The summed E-state index contributed by atoms with van der Waals surface area (Å²) in [6.07, 6.45) is 12.3. The van der Waals surface area contributed by atoms with Gasteiger partial charge in [-0.05, 0) is 146 Å². The molecule has 9 aromatic carbocycles. The second kappa shape index (κ2) is 15.5. The van der Waals surface area contributed by atoms with Gasteiger partial charge in [0.05, 0.1) is 5.52 Å². The van der Waals surface area contributed by atoms with Crippen molar-refractivity contribution < 1.29 is 0 Å². The van der Waals surface area contributed by atoms with E-state index in [1.165, 1.54) is 116 Å². The van der Waals surface area contributed by atoms with E-state index in [1.807, 2.05) is 13.8 Å². The van der Waals surface area contributed by atoms with Crippen molar-refractivity contribution in [3.8, 4) is 33.4 Å². The SMILES string of the molecule is C/C=C\c1c(C)n2c3c(c4c(-c5ccc(N(c6ccc(-c7cccc8c7-c7ccccc7C8)cc6)c6ccc7c8ccccc8c8ccccc8c7c6)cc5)ccc1c42)C=CCC3.CC. The summed E-state index contributed by atoms with van der Waals surface area (Å²) in [5.41, 5.74) is 20.8. The average molecular weight is 835 g/mol. The molecule has 312 valence electrons. The molecular weight excluding hydrogens is 785 g/mol. The fourth-order valence-corrected chi connectivity index (χ4v) is 11.4. The lowest BCUT2D eigenvalue weighted by molar-refractivity contribution is 0.897. The second-order valence-corrected chi connectivity index (χ2v) is 17.4. The number of anilines is 3. The van der Waals surface area contributed by atoms with E-state index >= 15 is 0 Å². The maximum atomic E-state index is 2.55. The second-order valence-electron chi connectivity index (χ2n) is 17.4. The molecule has 13 rings (SSSR count). The van der Waals surface area contributed by atoms with Crippen LogP contribution in [-0.2, 0) is 12.8 Å². The van der Waals surface area contributed by atoms with Gasteiger partial charge in [0.25, 0.3) is 0 Å². The van der Waals surface area contributed by atoms with Gasteiger partial charge in [-0.15, -0.1) is 0 Å². The summed E-state index contributed by atoms with van der Waals surface area (Å²) >= 11 is 0. The van der Waals surface area contributed by atoms with E-state index < -0.39 is 0 Å². The standard InChI is InChI=1S/C61H44N2.C2H6/c1-3-13-46-38(2)62-58-23-11-10-21-56(58)60-49(34-35-55(46)61(60)62)40-26-30-44(31-27-40)63(45-32-33-54-52-19-7-6-17-50(52)51-18-8-9-20-53(51)57(54)37-45)43-28-24-39(25-29-43)47-22-12-15-42-36-41-14-4-5-16-48(41)59(42)47;1-2/h3-10,12-22,24-35,37H,11,23,36H2,1-2H3;1-2H3/b13-3-;. The van der Waals surface area contributed by atoms with Gasteiger partial charge in [-0.1, -0.05) is 172 Å². The Morgan fingerprint density at radius 2 is 1.09 bits per heavy atom. The van der Waals surface area contributed by atoms with E-state index in [-0.39, 0.29) is 0 Å². The molecule has 2 aliphatic carbocycles. The number of fused-ring (bicyclic) bond motifs is 12. The van der Waals surface area contributed by atoms with Gasteiger partial charge in [0.2, 0.25) is 0 Å². The summed E-state index contributed by atoms with van der Waals surface area (Å²) in [5, 5.41) is 10.4. The number of allylic oxidation sites excluding steroid dienone is 2. The molecule has 0 saturated heterocycles. The number of rotatable bonds is 6. The van der Waals surface area contributed by atoms with E-state index in [2.05, 4.69) is 217 Å². The van der Waals surface area contributed by atoms with Crippen LogP contribution in [0.15, 0.2) is 182 Å². The summed E-state index contributed by atoms with van der Waals surface area (Å²) in [7, 11) is 0. The van der Waals surface area contributed by atoms with Crippen molar-refractivity contribution in [3.05, 3.63) is 216 Å². The van der Waals surface area contributed by atoms with Gasteiger partial charge in [-0.3, -0.25) is 0 Å². The van der Waals surface area contributed by atoms with Crippen LogP contribution in [0, 0.1) is 6.92 Å². The molecule has 0 radical (unpaired) electrons. The van der Waals surface area contributed by atoms with Crippen LogP contribution in [0.25, 0.3) is 94.1 Å². The summed E-state index contributed by atoms with van der Waals surface area (Å²) in [6.45, 7) is 8.40. The van der Waals surface area contributed by atoms with Crippen molar-refractivity contribution in [1.82, 2.24) is 4.40 Å². The first-order chi connectivity index (χ1) is 32.1. The van der Waals surface area contributed by atoms with E-state index in [0.29, 0.717) is 0 Å². The molecule has 0 saturated carbocycles. The third kappa shape index (κ3) is 5.94. The first kappa shape index (κ1) is 39.0. The lowest BCUT2D eigenvalue weighted by Crippen LogP contribution is -2.10. The van der Waals surface area contributed by atoms with Crippen molar-refractivity contribution >= 4 is 77.8 Å². The zero-order chi connectivity index (χ0) is 43.8. The molecule has 2 heterocycles. The largest absolute Gasteiger partial charge is 0.316 e. The first-order valence-electron chi connectivity index (χ1n) is 23.4. The van der Waals surface area contributed by atoms with Crippen LogP contribution < -0.4 is 4.90 Å². The van der Waals surface area contributed by atoms with Crippen LogP contribution in [0.1, 0.15) is 60.8 Å². The van der Waals surface area contributed by atoms with Crippen molar-refractivity contribution in [2.45, 2.75) is 47.0 Å². The Morgan fingerprint density at radius 3 is 1.78 bits per heavy atom. The number of hydrogen-bond acceptors (Lipinski definition) is 1. The summed E-state index contributed by atoms with van der Waals surface area (Å²) < 4.78 is 2.55. The van der Waals surface area contributed by atoms with Crippen molar-refractivity contribution in [2.24, 2.45) is 0 Å². The van der Waals surface area contributed by atoms with Crippen LogP contribution in [-0.4, -0.2) is 4.40 Å². The Balaban J connectivity index is 0.00000219. The normalized spacial score (nSPS) is 12.9. The average Bonchev–Trinajstić information content (AvgIpc) is 4.02. The molecule has 0 N–H and O–H groups in total. The lowest BCUT2D eigenvalue weighted by atomic mass is 9.93. The minimum absolute atomic E-state index is 0.988. The number of aryl methyl sites for hydroxylation is 2. The fraction of sp³-hybridized carbons (Fsp3) is 0.111. The third-order valence-electron chi connectivity index (χ3n) is 14.1. The molecule has 0 atom stereocenters. The molecule has 0 bridgehead atoms. The highest BCUT2D eigenvalue weighted by Crippen LogP contribution is 2.47. The molecule has 11 aromatic rings. The lowest BCUT2D eigenvalue weighted by Gasteiger charge is -2.27. The van der Waals surface area contributed by atoms with Gasteiger partial charge in [0.1, 0.15) is 0 Å². The highest BCUT2D eigenvalue weighted by atomic mass is 15.1. The Hall–Kier alpha value is -7.68. The molecule has 2 aliphatic rings. The maximum Gasteiger partial charge on any atom is 0.0619 e. The number of benzene rings is 9. The molecule has 0 unspecified atom stereocenters. The molecule has 2 heteroatoms. The van der Waals surface area contributed by atoms with Gasteiger partial charge in [-0.25, -0.2) is 0 Å². The fourth-order valence-electron chi connectivity index (χ4n) is 11.4. The molecule has 0 fully saturated rings. The molecule has 65 heavy (non-hydrogen) atoms.